The highest BCUT2D eigenvalue weighted by Crippen LogP contribution is 2.53. The Labute approximate surface area is 285 Å². The highest BCUT2D eigenvalue weighted by atomic mass is 16.3. The van der Waals surface area contributed by atoms with Crippen LogP contribution in [0.3, 0.4) is 0 Å². The second-order valence-corrected chi connectivity index (χ2v) is 12.1. The number of hydrogen-bond acceptors (Lipinski definition) is 3. The lowest BCUT2D eigenvalue weighted by Gasteiger charge is -2.34. The zero-order valence-corrected chi connectivity index (χ0v) is 26.8. The standard InChI is InChI=1S/C46H32N2O/c1-5-17-33(18-6-1)38-26-15-16-28-40(38)48(37-24-11-4-12-25-37)46-41(47(35-20-7-2-8-21-35)36-22-9-3-10-23-36)30-32-43-45(46)44-39-27-14-13-19-34(39)29-31-42(44)49-43/h1-32H. The number of fused-ring (bicyclic) bond motifs is 5. The normalized spacial score (nSPS) is 11.3. The third-order valence-corrected chi connectivity index (χ3v) is 9.22. The average Bonchev–Trinajstić information content (AvgIpc) is 3.57. The second kappa shape index (κ2) is 12.2. The molecule has 0 aliphatic rings. The Morgan fingerprint density at radius 2 is 0.857 bits per heavy atom. The third kappa shape index (κ3) is 5.00. The molecule has 0 radical (unpaired) electrons. The number of nitrogens with zero attached hydrogens (tertiary/aromatic N) is 2. The fourth-order valence-corrected chi connectivity index (χ4v) is 7.09. The molecule has 0 bridgehead atoms. The van der Waals surface area contributed by atoms with E-state index in [4.69, 9.17) is 4.42 Å². The summed E-state index contributed by atoms with van der Waals surface area (Å²) in [6, 6.07) is 68.5. The molecule has 0 aliphatic heterocycles. The summed E-state index contributed by atoms with van der Waals surface area (Å²) in [5, 5.41) is 4.50. The SMILES string of the molecule is c1ccc(-c2ccccc2N(c2ccccc2)c2c(N(c3ccccc3)c3ccccc3)ccc3oc4ccc5ccccc5c4c23)cc1. The van der Waals surface area contributed by atoms with Crippen LogP contribution in [0.1, 0.15) is 0 Å². The molecule has 9 rings (SSSR count). The third-order valence-electron chi connectivity index (χ3n) is 9.22. The molecular weight excluding hydrogens is 597 g/mol. The zero-order valence-electron chi connectivity index (χ0n) is 26.8. The van der Waals surface area contributed by atoms with Crippen LogP contribution in [-0.2, 0) is 0 Å². The van der Waals surface area contributed by atoms with Crippen LogP contribution in [0.5, 0.6) is 0 Å². The van der Waals surface area contributed by atoms with Gasteiger partial charge < -0.3 is 14.2 Å². The van der Waals surface area contributed by atoms with Crippen LogP contribution in [-0.4, -0.2) is 0 Å². The molecule has 0 atom stereocenters. The molecule has 3 heteroatoms. The maximum Gasteiger partial charge on any atom is 0.137 e. The molecule has 0 spiro atoms. The number of benzene rings is 8. The van der Waals surface area contributed by atoms with E-state index in [0.717, 1.165) is 72.6 Å². The van der Waals surface area contributed by atoms with Gasteiger partial charge in [-0.25, -0.2) is 0 Å². The van der Waals surface area contributed by atoms with Gasteiger partial charge in [0.2, 0.25) is 0 Å². The zero-order chi connectivity index (χ0) is 32.6. The predicted molar refractivity (Wildman–Crippen MR) is 206 cm³/mol. The first-order chi connectivity index (χ1) is 24.3. The van der Waals surface area contributed by atoms with Gasteiger partial charge in [-0.15, -0.1) is 0 Å². The van der Waals surface area contributed by atoms with E-state index in [1.165, 1.54) is 5.39 Å². The number of rotatable bonds is 7. The summed E-state index contributed by atoms with van der Waals surface area (Å²) in [6.07, 6.45) is 0. The molecule has 0 saturated heterocycles. The van der Waals surface area contributed by atoms with Crippen molar-refractivity contribution in [2.45, 2.75) is 0 Å². The molecule has 8 aromatic carbocycles. The van der Waals surface area contributed by atoms with Crippen LogP contribution in [0.15, 0.2) is 199 Å². The van der Waals surface area contributed by atoms with Crippen molar-refractivity contribution in [3.63, 3.8) is 0 Å². The molecular formula is C46H32N2O. The number of furan rings is 1. The molecule has 3 nitrogen and oxygen atoms in total. The Bertz CT molecular complexity index is 2500. The van der Waals surface area contributed by atoms with Crippen molar-refractivity contribution in [1.82, 2.24) is 0 Å². The summed E-state index contributed by atoms with van der Waals surface area (Å²) in [5.41, 5.74) is 10.3. The smallest absolute Gasteiger partial charge is 0.137 e. The first kappa shape index (κ1) is 28.6. The summed E-state index contributed by atoms with van der Waals surface area (Å²) < 4.78 is 6.74. The lowest BCUT2D eigenvalue weighted by Crippen LogP contribution is -2.17. The average molecular weight is 629 g/mol. The van der Waals surface area contributed by atoms with Crippen LogP contribution in [0.2, 0.25) is 0 Å². The van der Waals surface area contributed by atoms with Crippen molar-refractivity contribution < 1.29 is 4.42 Å². The lowest BCUT2D eigenvalue weighted by atomic mass is 9.98. The van der Waals surface area contributed by atoms with Gasteiger partial charge >= 0.3 is 0 Å². The van der Waals surface area contributed by atoms with Crippen molar-refractivity contribution in [2.24, 2.45) is 0 Å². The van der Waals surface area contributed by atoms with Crippen LogP contribution < -0.4 is 9.80 Å². The molecule has 0 fully saturated rings. The minimum atomic E-state index is 0.837. The van der Waals surface area contributed by atoms with Gasteiger partial charge in [0.25, 0.3) is 0 Å². The largest absolute Gasteiger partial charge is 0.456 e. The summed E-state index contributed by atoms with van der Waals surface area (Å²) in [7, 11) is 0. The van der Waals surface area contributed by atoms with E-state index >= 15 is 0 Å². The van der Waals surface area contributed by atoms with Gasteiger partial charge in [0.1, 0.15) is 11.2 Å². The fourth-order valence-electron chi connectivity index (χ4n) is 7.09. The maximum atomic E-state index is 6.74. The van der Waals surface area contributed by atoms with Gasteiger partial charge in [-0.05, 0) is 77.0 Å². The van der Waals surface area contributed by atoms with Gasteiger partial charge in [-0.2, -0.15) is 0 Å². The van der Waals surface area contributed by atoms with Crippen molar-refractivity contribution in [3.8, 4) is 11.1 Å². The van der Waals surface area contributed by atoms with Crippen molar-refractivity contribution in [2.75, 3.05) is 9.80 Å². The summed E-state index contributed by atoms with van der Waals surface area (Å²) in [6.45, 7) is 0. The van der Waals surface area contributed by atoms with E-state index in [0.29, 0.717) is 0 Å². The van der Waals surface area contributed by atoms with Gasteiger partial charge in [0.15, 0.2) is 0 Å². The Hall–Kier alpha value is -6.58. The Morgan fingerprint density at radius 3 is 1.53 bits per heavy atom. The van der Waals surface area contributed by atoms with Gasteiger partial charge in [-0.1, -0.05) is 133 Å². The molecule has 49 heavy (non-hydrogen) atoms. The van der Waals surface area contributed by atoms with Crippen molar-refractivity contribution in [3.05, 3.63) is 194 Å². The molecule has 1 heterocycles. The molecule has 9 aromatic rings. The van der Waals surface area contributed by atoms with E-state index in [1.807, 2.05) is 0 Å². The van der Waals surface area contributed by atoms with E-state index in [1.54, 1.807) is 0 Å². The van der Waals surface area contributed by atoms with Crippen molar-refractivity contribution in [1.29, 1.82) is 0 Å². The quantitative estimate of drug-likeness (QED) is 0.175. The van der Waals surface area contributed by atoms with Crippen LogP contribution in [0, 0.1) is 0 Å². The molecule has 0 saturated carbocycles. The highest BCUT2D eigenvalue weighted by molar-refractivity contribution is 6.25. The molecule has 0 unspecified atom stereocenters. The minimum Gasteiger partial charge on any atom is -0.456 e. The van der Waals surface area contributed by atoms with Crippen LogP contribution >= 0.6 is 0 Å². The van der Waals surface area contributed by atoms with E-state index in [2.05, 4.69) is 204 Å². The first-order valence-electron chi connectivity index (χ1n) is 16.6. The van der Waals surface area contributed by atoms with E-state index < -0.39 is 0 Å². The number of para-hydroxylation sites is 4. The monoisotopic (exact) mass is 628 g/mol. The highest BCUT2D eigenvalue weighted by Gasteiger charge is 2.28. The summed E-state index contributed by atoms with van der Waals surface area (Å²) >= 11 is 0. The Balaban J connectivity index is 1.48. The van der Waals surface area contributed by atoms with E-state index in [-0.39, 0.29) is 0 Å². The molecule has 0 aliphatic carbocycles. The minimum absolute atomic E-state index is 0.837. The van der Waals surface area contributed by atoms with Crippen LogP contribution in [0.4, 0.5) is 34.1 Å². The van der Waals surface area contributed by atoms with E-state index in [9.17, 15) is 0 Å². The maximum absolute atomic E-state index is 6.74. The molecule has 0 N–H and O–H groups in total. The van der Waals surface area contributed by atoms with Crippen LogP contribution in [0.25, 0.3) is 43.8 Å². The Kier molecular flexibility index (Phi) is 7.14. The second-order valence-electron chi connectivity index (χ2n) is 12.1. The van der Waals surface area contributed by atoms with Gasteiger partial charge in [-0.3, -0.25) is 0 Å². The Morgan fingerprint density at radius 1 is 0.347 bits per heavy atom. The fraction of sp³-hybridized carbons (Fsp3) is 0. The van der Waals surface area contributed by atoms with Gasteiger partial charge in [0.05, 0.1) is 22.4 Å². The lowest BCUT2D eigenvalue weighted by molar-refractivity contribution is 0.669. The summed E-state index contributed by atoms with van der Waals surface area (Å²) in [5.74, 6) is 0. The molecule has 1 aromatic heterocycles. The van der Waals surface area contributed by atoms with Gasteiger partial charge in [0, 0.05) is 28.0 Å². The topological polar surface area (TPSA) is 19.6 Å². The van der Waals surface area contributed by atoms with Crippen molar-refractivity contribution >= 4 is 66.8 Å². The molecule has 0 amide bonds. The summed E-state index contributed by atoms with van der Waals surface area (Å²) in [4.78, 5) is 4.79. The number of hydrogen-bond donors (Lipinski definition) is 0. The molecule has 232 valence electrons. The predicted octanol–water partition coefficient (Wildman–Crippen LogP) is 13.3. The first-order valence-corrected chi connectivity index (χ1v) is 16.6. The number of anilines is 6.